The van der Waals surface area contributed by atoms with E-state index in [9.17, 15) is 0 Å². The van der Waals surface area contributed by atoms with Crippen LogP contribution in [0.4, 0.5) is 0 Å². The lowest BCUT2D eigenvalue weighted by atomic mass is 9.99. The van der Waals surface area contributed by atoms with Gasteiger partial charge in [-0.05, 0) is 31.9 Å². The second-order valence-electron chi connectivity index (χ2n) is 6.42. The molecule has 5 rings (SSSR count). The van der Waals surface area contributed by atoms with Crippen LogP contribution in [0.2, 0.25) is 0 Å². The fraction of sp³-hybridized carbons (Fsp3) is 0.412. The van der Waals surface area contributed by atoms with E-state index in [-0.39, 0.29) is 0 Å². The number of fused-ring (bicyclic) bond motifs is 6. The Hall–Kier alpha value is -2.14. The minimum atomic E-state index is 0.445. The fourth-order valence-electron chi connectivity index (χ4n) is 4.13. The lowest BCUT2D eigenvalue weighted by molar-refractivity contribution is 0.152. The Balaban J connectivity index is 1.59. The van der Waals surface area contributed by atoms with Gasteiger partial charge in [-0.25, -0.2) is 9.50 Å². The molecule has 112 valence electrons. The molecule has 0 aromatic carbocycles. The van der Waals surface area contributed by atoms with Crippen LogP contribution in [0, 0.1) is 6.92 Å². The van der Waals surface area contributed by atoms with Crippen molar-refractivity contribution in [3.8, 4) is 0 Å². The molecule has 5 heteroatoms. The van der Waals surface area contributed by atoms with E-state index >= 15 is 0 Å². The van der Waals surface area contributed by atoms with E-state index in [1.807, 2.05) is 13.0 Å². The standard InChI is InChI=1S/C17H18N4O/c1-11-7-17-18-9-14-15-5-4-12(8-16(14)21(17)19-11)20(15)10-13-3-2-6-22-13/h2-3,6-7,9,12,15H,4-5,8,10H2,1H3/t12-,15+/m0/s1. The fourth-order valence-corrected chi connectivity index (χ4v) is 4.13. The number of aryl methyl sites for hydroxylation is 1. The minimum Gasteiger partial charge on any atom is -0.468 e. The first kappa shape index (κ1) is 12.4. The topological polar surface area (TPSA) is 46.6 Å². The molecular weight excluding hydrogens is 276 g/mol. The van der Waals surface area contributed by atoms with Crippen LogP contribution >= 0.6 is 0 Å². The van der Waals surface area contributed by atoms with Crippen molar-refractivity contribution in [2.24, 2.45) is 0 Å². The van der Waals surface area contributed by atoms with Crippen LogP contribution in [0.15, 0.2) is 35.1 Å². The van der Waals surface area contributed by atoms with Crippen LogP contribution < -0.4 is 0 Å². The average molecular weight is 294 g/mol. The second-order valence-corrected chi connectivity index (χ2v) is 6.42. The maximum atomic E-state index is 5.55. The molecule has 2 aliphatic heterocycles. The molecule has 0 aliphatic carbocycles. The number of hydrogen-bond acceptors (Lipinski definition) is 4. The minimum absolute atomic E-state index is 0.445. The summed E-state index contributed by atoms with van der Waals surface area (Å²) in [4.78, 5) is 7.19. The molecule has 2 aliphatic rings. The average Bonchev–Trinajstić information content (AvgIpc) is 3.19. The van der Waals surface area contributed by atoms with Crippen molar-refractivity contribution in [1.29, 1.82) is 0 Å². The van der Waals surface area contributed by atoms with Crippen LogP contribution in [-0.2, 0) is 13.0 Å². The van der Waals surface area contributed by atoms with Crippen LogP contribution in [0.1, 0.15) is 41.6 Å². The first-order valence-corrected chi connectivity index (χ1v) is 7.92. The molecule has 0 N–H and O–H groups in total. The predicted molar refractivity (Wildman–Crippen MR) is 81.4 cm³/mol. The molecule has 2 bridgehead atoms. The monoisotopic (exact) mass is 294 g/mol. The summed E-state index contributed by atoms with van der Waals surface area (Å²) in [5.41, 5.74) is 4.69. The summed E-state index contributed by atoms with van der Waals surface area (Å²) in [5.74, 6) is 1.05. The van der Waals surface area contributed by atoms with Crippen LogP contribution in [-0.4, -0.2) is 25.5 Å². The van der Waals surface area contributed by atoms with Crippen LogP contribution in [0.5, 0.6) is 0 Å². The third-order valence-corrected chi connectivity index (χ3v) is 5.09. The van der Waals surface area contributed by atoms with Gasteiger partial charge in [0.15, 0.2) is 5.65 Å². The molecule has 1 saturated heterocycles. The summed E-state index contributed by atoms with van der Waals surface area (Å²) in [6.45, 7) is 2.92. The summed E-state index contributed by atoms with van der Waals surface area (Å²) >= 11 is 0. The summed E-state index contributed by atoms with van der Waals surface area (Å²) in [5, 5.41) is 4.64. The Morgan fingerprint density at radius 2 is 2.32 bits per heavy atom. The van der Waals surface area contributed by atoms with Crippen molar-refractivity contribution in [3.63, 3.8) is 0 Å². The van der Waals surface area contributed by atoms with E-state index in [0.717, 1.165) is 30.1 Å². The molecule has 5 nitrogen and oxygen atoms in total. The Bertz CT molecular complexity index is 836. The molecule has 0 spiro atoms. The first-order chi connectivity index (χ1) is 10.8. The normalized spacial score (nSPS) is 24.0. The molecule has 0 saturated carbocycles. The Morgan fingerprint density at radius 3 is 3.18 bits per heavy atom. The highest BCUT2D eigenvalue weighted by Crippen LogP contribution is 2.44. The van der Waals surface area contributed by atoms with Crippen molar-refractivity contribution in [3.05, 3.63) is 53.4 Å². The zero-order chi connectivity index (χ0) is 14.7. The summed E-state index contributed by atoms with van der Waals surface area (Å²) in [6.07, 6.45) is 7.31. The summed E-state index contributed by atoms with van der Waals surface area (Å²) in [7, 11) is 0. The van der Waals surface area contributed by atoms with E-state index in [0.29, 0.717) is 12.1 Å². The van der Waals surface area contributed by atoms with Crippen molar-refractivity contribution >= 4 is 5.65 Å². The van der Waals surface area contributed by atoms with Gasteiger partial charge in [0, 0.05) is 36.3 Å². The number of furan rings is 1. The largest absolute Gasteiger partial charge is 0.468 e. The Morgan fingerprint density at radius 1 is 1.36 bits per heavy atom. The van der Waals surface area contributed by atoms with Crippen LogP contribution in [0.3, 0.4) is 0 Å². The number of hydrogen-bond donors (Lipinski definition) is 0. The molecule has 1 fully saturated rings. The van der Waals surface area contributed by atoms with E-state index in [1.165, 1.54) is 24.1 Å². The lowest BCUT2D eigenvalue weighted by Gasteiger charge is -2.35. The molecule has 0 radical (unpaired) electrons. The third-order valence-electron chi connectivity index (χ3n) is 5.09. The Kier molecular flexibility index (Phi) is 2.50. The highest BCUT2D eigenvalue weighted by Gasteiger charge is 2.41. The van der Waals surface area contributed by atoms with Gasteiger partial charge in [-0.15, -0.1) is 0 Å². The van der Waals surface area contributed by atoms with E-state index in [1.54, 1.807) is 6.26 Å². The number of aromatic nitrogens is 3. The van der Waals surface area contributed by atoms with Crippen LogP contribution in [0.25, 0.3) is 5.65 Å². The van der Waals surface area contributed by atoms with E-state index < -0.39 is 0 Å². The van der Waals surface area contributed by atoms with Crippen molar-refractivity contribution < 1.29 is 4.42 Å². The zero-order valence-corrected chi connectivity index (χ0v) is 12.6. The van der Waals surface area contributed by atoms with Gasteiger partial charge >= 0.3 is 0 Å². The Labute approximate surface area is 128 Å². The second kappa shape index (κ2) is 4.43. The van der Waals surface area contributed by atoms with E-state index in [2.05, 4.69) is 37.8 Å². The van der Waals surface area contributed by atoms with Gasteiger partial charge in [0.05, 0.1) is 24.2 Å². The third kappa shape index (κ3) is 1.69. The van der Waals surface area contributed by atoms with Crippen molar-refractivity contribution in [2.75, 3.05) is 0 Å². The molecular formula is C17H18N4O. The van der Waals surface area contributed by atoms with Gasteiger partial charge in [0.1, 0.15) is 5.76 Å². The van der Waals surface area contributed by atoms with Crippen molar-refractivity contribution in [1.82, 2.24) is 19.5 Å². The summed E-state index contributed by atoms with van der Waals surface area (Å²) < 4.78 is 7.60. The number of rotatable bonds is 2. The molecule has 2 atom stereocenters. The molecule has 0 unspecified atom stereocenters. The van der Waals surface area contributed by atoms with Gasteiger partial charge in [0.25, 0.3) is 0 Å². The molecule has 0 amide bonds. The highest BCUT2D eigenvalue weighted by atomic mass is 16.3. The van der Waals surface area contributed by atoms with Gasteiger partial charge in [0.2, 0.25) is 0 Å². The predicted octanol–water partition coefficient (Wildman–Crippen LogP) is 2.89. The quantitative estimate of drug-likeness (QED) is 0.729. The van der Waals surface area contributed by atoms with Gasteiger partial charge < -0.3 is 4.42 Å². The van der Waals surface area contributed by atoms with Gasteiger partial charge in [-0.3, -0.25) is 4.90 Å². The maximum absolute atomic E-state index is 5.55. The van der Waals surface area contributed by atoms with Gasteiger partial charge in [-0.1, -0.05) is 0 Å². The van der Waals surface area contributed by atoms with Gasteiger partial charge in [-0.2, -0.15) is 5.10 Å². The molecule has 5 heterocycles. The molecule has 3 aromatic rings. The SMILES string of the molecule is Cc1cc2ncc3c(n2n1)C[C@@H]1CC[C@H]3N1Cc1ccco1. The zero-order valence-electron chi connectivity index (χ0n) is 12.6. The summed E-state index contributed by atoms with van der Waals surface area (Å²) in [6, 6.07) is 7.11. The lowest BCUT2D eigenvalue weighted by Crippen LogP contribution is -2.38. The molecule has 22 heavy (non-hydrogen) atoms. The van der Waals surface area contributed by atoms with Crippen molar-refractivity contribution in [2.45, 2.75) is 44.8 Å². The maximum Gasteiger partial charge on any atom is 0.155 e. The smallest absolute Gasteiger partial charge is 0.155 e. The van der Waals surface area contributed by atoms with E-state index in [4.69, 9.17) is 4.42 Å². The highest BCUT2D eigenvalue weighted by molar-refractivity contribution is 5.44. The molecule has 3 aromatic heterocycles. The first-order valence-electron chi connectivity index (χ1n) is 7.92. The number of nitrogens with zero attached hydrogens (tertiary/aromatic N) is 4.